The first-order chi connectivity index (χ1) is 16.0. The lowest BCUT2D eigenvalue weighted by Gasteiger charge is -2.19. The van der Waals surface area contributed by atoms with E-state index in [9.17, 15) is 10.1 Å². The van der Waals surface area contributed by atoms with Crippen molar-refractivity contribution in [3.8, 4) is 28.7 Å². The number of H-pyrrole nitrogens is 1. The highest BCUT2D eigenvalue weighted by Gasteiger charge is 2.23. The highest BCUT2D eigenvalue weighted by Crippen LogP contribution is 2.40. The summed E-state index contributed by atoms with van der Waals surface area (Å²) in [5, 5.41) is 9.57. The van der Waals surface area contributed by atoms with Gasteiger partial charge < -0.3 is 19.0 Å². The van der Waals surface area contributed by atoms with Crippen LogP contribution in [0.5, 0.6) is 11.5 Å². The van der Waals surface area contributed by atoms with Crippen molar-refractivity contribution in [2.75, 3.05) is 13.2 Å². The van der Waals surface area contributed by atoms with Gasteiger partial charge in [0.25, 0.3) is 5.56 Å². The molecule has 1 N–H and O–H groups in total. The van der Waals surface area contributed by atoms with Gasteiger partial charge in [-0.25, -0.2) is 4.98 Å². The highest BCUT2D eigenvalue weighted by molar-refractivity contribution is 5.91. The summed E-state index contributed by atoms with van der Waals surface area (Å²) in [4.78, 5) is 20.7. The molecule has 0 aliphatic carbocycles. The number of benzene rings is 2. The predicted octanol–water partition coefficient (Wildman–Crippen LogP) is 4.80. The number of hydrogen-bond donors (Lipinski definition) is 1. The van der Waals surface area contributed by atoms with Gasteiger partial charge in [-0.2, -0.15) is 5.26 Å². The van der Waals surface area contributed by atoms with E-state index in [4.69, 9.17) is 14.5 Å². The summed E-state index contributed by atoms with van der Waals surface area (Å²) in [6, 6.07) is 15.2. The van der Waals surface area contributed by atoms with Gasteiger partial charge in [-0.1, -0.05) is 12.1 Å². The molecule has 0 bridgehead atoms. The standard InChI is InChI=1S/C26H24N4O3/c1-16-13-19(15-30(2)26(16)31)20-7-8-21-23(29-25(28-21)17-9-11-32-12-10-17)24(20)33-22-6-4-3-5-18(22)14-27/h3-8,13,15,17H,9-12H2,1-2H3,(H,28,29). The molecule has 1 fully saturated rings. The fraction of sp³-hybridized carbons (Fsp3) is 0.269. The quantitative estimate of drug-likeness (QED) is 0.492. The number of nitriles is 1. The van der Waals surface area contributed by atoms with E-state index in [0.29, 0.717) is 34.1 Å². The number of ether oxygens (including phenoxy) is 2. The number of hydrogen-bond acceptors (Lipinski definition) is 5. The van der Waals surface area contributed by atoms with Crippen LogP contribution in [-0.2, 0) is 11.8 Å². The highest BCUT2D eigenvalue weighted by atomic mass is 16.5. The average molecular weight is 441 g/mol. The molecule has 3 heterocycles. The fourth-order valence-corrected chi connectivity index (χ4v) is 4.35. The van der Waals surface area contributed by atoms with Crippen LogP contribution < -0.4 is 10.3 Å². The second kappa shape index (κ2) is 8.57. The maximum atomic E-state index is 12.3. The van der Waals surface area contributed by atoms with E-state index in [1.807, 2.05) is 24.3 Å². The van der Waals surface area contributed by atoms with Crippen molar-refractivity contribution in [2.24, 2.45) is 7.05 Å². The number of aryl methyl sites for hydroxylation is 2. The Morgan fingerprint density at radius 1 is 1.21 bits per heavy atom. The molecule has 1 saturated heterocycles. The third-order valence-corrected chi connectivity index (χ3v) is 6.13. The van der Waals surface area contributed by atoms with Crippen molar-refractivity contribution in [3.05, 3.63) is 76.0 Å². The smallest absolute Gasteiger partial charge is 0.253 e. The zero-order valence-corrected chi connectivity index (χ0v) is 18.6. The Bertz CT molecular complexity index is 1410. The van der Waals surface area contributed by atoms with E-state index in [1.54, 1.807) is 42.9 Å². The van der Waals surface area contributed by atoms with Gasteiger partial charge in [0.15, 0.2) is 5.75 Å². The number of nitrogens with one attached hydrogen (secondary N) is 1. The summed E-state index contributed by atoms with van der Waals surface area (Å²) in [6.07, 6.45) is 3.63. The Kier molecular flexibility index (Phi) is 5.45. The van der Waals surface area contributed by atoms with E-state index in [-0.39, 0.29) is 5.56 Å². The molecular formula is C26H24N4O3. The van der Waals surface area contributed by atoms with Crippen LogP contribution in [0.4, 0.5) is 0 Å². The van der Waals surface area contributed by atoms with Gasteiger partial charge in [-0.15, -0.1) is 0 Å². The van der Waals surface area contributed by atoms with Crippen LogP contribution in [0.3, 0.4) is 0 Å². The van der Waals surface area contributed by atoms with Crippen molar-refractivity contribution < 1.29 is 9.47 Å². The third-order valence-electron chi connectivity index (χ3n) is 6.13. The number of aromatic nitrogens is 3. The van der Waals surface area contributed by atoms with Gasteiger partial charge in [0, 0.05) is 49.1 Å². The molecule has 0 unspecified atom stereocenters. The average Bonchev–Trinajstić information content (AvgIpc) is 3.28. The predicted molar refractivity (Wildman–Crippen MR) is 126 cm³/mol. The first kappa shape index (κ1) is 21.0. The maximum Gasteiger partial charge on any atom is 0.253 e. The molecular weight excluding hydrogens is 416 g/mol. The first-order valence-corrected chi connectivity index (χ1v) is 11.0. The van der Waals surface area contributed by atoms with Crippen molar-refractivity contribution in [3.63, 3.8) is 0 Å². The summed E-state index contributed by atoms with van der Waals surface area (Å²) in [7, 11) is 1.74. The van der Waals surface area contributed by atoms with Gasteiger partial charge in [0.1, 0.15) is 23.2 Å². The summed E-state index contributed by atoms with van der Waals surface area (Å²) >= 11 is 0. The summed E-state index contributed by atoms with van der Waals surface area (Å²) in [5.74, 6) is 2.24. The van der Waals surface area contributed by atoms with Crippen molar-refractivity contribution in [1.29, 1.82) is 5.26 Å². The molecule has 7 nitrogen and oxygen atoms in total. The number of nitrogens with zero attached hydrogens (tertiary/aromatic N) is 3. The van der Waals surface area contributed by atoms with Gasteiger partial charge >= 0.3 is 0 Å². The molecule has 4 aromatic rings. The zero-order valence-electron chi connectivity index (χ0n) is 18.6. The Morgan fingerprint density at radius 3 is 2.76 bits per heavy atom. The molecule has 1 aliphatic heterocycles. The zero-order chi connectivity index (χ0) is 22.9. The fourth-order valence-electron chi connectivity index (χ4n) is 4.35. The van der Waals surface area contributed by atoms with Gasteiger partial charge in [-0.3, -0.25) is 4.79 Å². The lowest BCUT2D eigenvalue weighted by molar-refractivity contribution is 0.0838. The number of fused-ring (bicyclic) bond motifs is 1. The van der Waals surface area contributed by atoms with Crippen LogP contribution in [0.2, 0.25) is 0 Å². The van der Waals surface area contributed by atoms with Crippen molar-refractivity contribution >= 4 is 11.0 Å². The third kappa shape index (κ3) is 3.90. The number of aromatic amines is 1. The largest absolute Gasteiger partial charge is 0.453 e. The van der Waals surface area contributed by atoms with Gasteiger partial charge in [0.2, 0.25) is 0 Å². The van der Waals surface area contributed by atoms with E-state index in [0.717, 1.165) is 48.5 Å². The Hall–Kier alpha value is -3.89. The lowest BCUT2D eigenvalue weighted by Crippen LogP contribution is -2.18. The van der Waals surface area contributed by atoms with E-state index in [2.05, 4.69) is 11.1 Å². The Morgan fingerprint density at radius 2 is 2.00 bits per heavy atom. The molecule has 2 aromatic carbocycles. The van der Waals surface area contributed by atoms with Crippen LogP contribution in [0.1, 0.15) is 35.7 Å². The van der Waals surface area contributed by atoms with Crippen LogP contribution >= 0.6 is 0 Å². The normalized spacial score (nSPS) is 14.3. The number of rotatable bonds is 4. The van der Waals surface area contributed by atoms with Gasteiger partial charge in [0.05, 0.1) is 11.1 Å². The number of para-hydroxylation sites is 1. The molecule has 7 heteroatoms. The molecule has 1 aliphatic rings. The van der Waals surface area contributed by atoms with Gasteiger partial charge in [-0.05, 0) is 50.1 Å². The minimum Gasteiger partial charge on any atom is -0.453 e. The first-order valence-electron chi connectivity index (χ1n) is 11.0. The van der Waals surface area contributed by atoms with Crippen molar-refractivity contribution in [1.82, 2.24) is 14.5 Å². The molecule has 5 rings (SSSR count). The van der Waals surface area contributed by atoms with Crippen LogP contribution in [0.15, 0.2) is 53.5 Å². The molecule has 0 atom stereocenters. The number of pyridine rings is 1. The van der Waals surface area contributed by atoms with Crippen LogP contribution in [0, 0.1) is 18.3 Å². The summed E-state index contributed by atoms with van der Waals surface area (Å²) in [6.45, 7) is 3.25. The van der Waals surface area contributed by atoms with E-state index >= 15 is 0 Å². The molecule has 0 saturated carbocycles. The minimum absolute atomic E-state index is 0.0429. The maximum absolute atomic E-state index is 12.3. The number of imidazole rings is 1. The monoisotopic (exact) mass is 440 g/mol. The molecule has 33 heavy (non-hydrogen) atoms. The second-order valence-electron chi connectivity index (χ2n) is 8.38. The van der Waals surface area contributed by atoms with E-state index in [1.165, 1.54) is 0 Å². The minimum atomic E-state index is -0.0429. The van der Waals surface area contributed by atoms with Crippen LogP contribution in [-0.4, -0.2) is 27.7 Å². The summed E-state index contributed by atoms with van der Waals surface area (Å²) < 4.78 is 13.5. The second-order valence-corrected chi connectivity index (χ2v) is 8.38. The van der Waals surface area contributed by atoms with E-state index < -0.39 is 0 Å². The molecule has 0 radical (unpaired) electrons. The SMILES string of the molecule is Cc1cc(-c2ccc3[nH]c(C4CCOCC4)nc3c2Oc2ccccc2C#N)cn(C)c1=O. The summed E-state index contributed by atoms with van der Waals surface area (Å²) in [5.41, 5.74) is 4.26. The van der Waals surface area contributed by atoms with Crippen molar-refractivity contribution in [2.45, 2.75) is 25.7 Å². The Balaban J connectivity index is 1.71. The molecule has 0 spiro atoms. The molecule has 166 valence electrons. The topological polar surface area (TPSA) is 92.9 Å². The van der Waals surface area contributed by atoms with Crippen LogP contribution in [0.25, 0.3) is 22.2 Å². The lowest BCUT2D eigenvalue weighted by atomic mass is 10.00. The Labute approximate surface area is 191 Å². The molecule has 0 amide bonds. The molecule has 2 aromatic heterocycles.